The molecule has 162 valence electrons. The van der Waals surface area contributed by atoms with Gasteiger partial charge in [0.1, 0.15) is 5.75 Å². The Hall–Kier alpha value is -3.13. The van der Waals surface area contributed by atoms with Gasteiger partial charge in [0.05, 0.1) is 12.0 Å². The summed E-state index contributed by atoms with van der Waals surface area (Å²) in [7, 11) is 1.64. The number of carbonyl (C=O) groups excluding carboxylic acids is 2. The van der Waals surface area contributed by atoms with Gasteiger partial charge in [-0.1, -0.05) is 23.4 Å². The van der Waals surface area contributed by atoms with Gasteiger partial charge >= 0.3 is 0 Å². The lowest BCUT2D eigenvalue weighted by atomic mass is 10.1. The molecule has 1 aliphatic rings. The molecule has 3 aromatic rings. The van der Waals surface area contributed by atoms with E-state index in [4.69, 9.17) is 9.26 Å². The predicted molar refractivity (Wildman–Crippen MR) is 118 cm³/mol. The fourth-order valence-corrected chi connectivity index (χ4v) is 4.32. The summed E-state index contributed by atoms with van der Waals surface area (Å²) >= 11 is 1.54. The van der Waals surface area contributed by atoms with Crippen LogP contribution in [0.25, 0.3) is 10.6 Å². The second kappa shape index (κ2) is 9.78. The van der Waals surface area contributed by atoms with Crippen LogP contribution in [0.4, 0.5) is 0 Å². The van der Waals surface area contributed by atoms with Gasteiger partial charge in [-0.05, 0) is 42.0 Å². The monoisotopic (exact) mass is 439 g/mol. The summed E-state index contributed by atoms with van der Waals surface area (Å²) in [4.78, 5) is 30.1. The molecule has 0 unspecified atom stereocenters. The molecule has 0 N–H and O–H groups in total. The fourth-order valence-electron chi connectivity index (χ4n) is 3.64. The van der Waals surface area contributed by atoms with Crippen molar-refractivity contribution in [2.75, 3.05) is 33.3 Å². The first-order chi connectivity index (χ1) is 15.1. The Morgan fingerprint density at radius 3 is 2.61 bits per heavy atom. The zero-order chi connectivity index (χ0) is 21.6. The van der Waals surface area contributed by atoms with Crippen molar-refractivity contribution in [3.05, 3.63) is 59.1 Å². The lowest BCUT2D eigenvalue weighted by Crippen LogP contribution is -2.37. The second-order valence-electron chi connectivity index (χ2n) is 7.43. The van der Waals surface area contributed by atoms with Gasteiger partial charge in [-0.25, -0.2) is 0 Å². The molecule has 3 heterocycles. The van der Waals surface area contributed by atoms with Crippen molar-refractivity contribution in [2.45, 2.75) is 19.3 Å². The van der Waals surface area contributed by atoms with Gasteiger partial charge in [-0.3, -0.25) is 9.59 Å². The van der Waals surface area contributed by atoms with Crippen LogP contribution in [0.3, 0.4) is 0 Å². The largest absolute Gasteiger partial charge is 0.497 e. The van der Waals surface area contributed by atoms with Crippen molar-refractivity contribution in [3.8, 4) is 16.4 Å². The molecule has 0 spiro atoms. The number of hydrogen-bond donors (Lipinski definition) is 0. The highest BCUT2D eigenvalue weighted by Crippen LogP contribution is 2.25. The molecule has 0 aliphatic carbocycles. The second-order valence-corrected chi connectivity index (χ2v) is 8.38. The number of ether oxygens (including phenoxy) is 1. The molecule has 1 saturated heterocycles. The summed E-state index contributed by atoms with van der Waals surface area (Å²) in [6.45, 7) is 2.28. The molecule has 1 aromatic carbocycles. The third-order valence-electron chi connectivity index (χ3n) is 5.42. The van der Waals surface area contributed by atoms with Gasteiger partial charge in [0.25, 0.3) is 5.91 Å². The Kier molecular flexibility index (Phi) is 6.66. The first kappa shape index (κ1) is 21.1. The smallest absolute Gasteiger partial charge is 0.276 e. The summed E-state index contributed by atoms with van der Waals surface area (Å²) < 4.78 is 10.5. The molecule has 0 radical (unpaired) electrons. The van der Waals surface area contributed by atoms with Crippen molar-refractivity contribution in [1.82, 2.24) is 15.0 Å². The molecule has 1 fully saturated rings. The average Bonchev–Trinajstić information content (AvgIpc) is 3.45. The first-order valence-electron chi connectivity index (χ1n) is 10.3. The van der Waals surface area contributed by atoms with E-state index in [1.807, 2.05) is 46.7 Å². The molecule has 2 aromatic heterocycles. The van der Waals surface area contributed by atoms with Crippen LogP contribution in [0.2, 0.25) is 0 Å². The van der Waals surface area contributed by atoms with Gasteiger partial charge in [-0.2, -0.15) is 0 Å². The van der Waals surface area contributed by atoms with E-state index in [-0.39, 0.29) is 11.8 Å². The third-order valence-corrected chi connectivity index (χ3v) is 6.30. The number of nitrogens with zero attached hydrogens (tertiary/aromatic N) is 3. The van der Waals surface area contributed by atoms with E-state index in [0.29, 0.717) is 50.5 Å². The maximum atomic E-state index is 12.9. The minimum atomic E-state index is -0.154. The third kappa shape index (κ3) is 5.14. The molecule has 4 rings (SSSR count). The van der Waals surface area contributed by atoms with Crippen molar-refractivity contribution in [3.63, 3.8) is 0 Å². The van der Waals surface area contributed by atoms with Crippen LogP contribution in [-0.4, -0.2) is 60.1 Å². The first-order valence-corrected chi connectivity index (χ1v) is 11.2. The number of hydrogen-bond acceptors (Lipinski definition) is 6. The van der Waals surface area contributed by atoms with Crippen molar-refractivity contribution in [1.29, 1.82) is 0 Å². The quantitative estimate of drug-likeness (QED) is 0.585. The molecule has 0 bridgehead atoms. The Morgan fingerprint density at radius 1 is 1.10 bits per heavy atom. The van der Waals surface area contributed by atoms with E-state index in [0.717, 1.165) is 22.6 Å². The predicted octanol–water partition coefficient (Wildman–Crippen LogP) is 3.72. The van der Waals surface area contributed by atoms with E-state index in [9.17, 15) is 9.59 Å². The topological polar surface area (TPSA) is 75.9 Å². The lowest BCUT2D eigenvalue weighted by molar-refractivity contribution is -0.131. The van der Waals surface area contributed by atoms with E-state index in [1.165, 1.54) is 11.3 Å². The minimum absolute atomic E-state index is 0.117. The van der Waals surface area contributed by atoms with Gasteiger partial charge in [0.2, 0.25) is 5.91 Å². The number of methoxy groups -OCH3 is 1. The van der Waals surface area contributed by atoms with Crippen LogP contribution in [0.1, 0.15) is 28.9 Å². The number of aromatic nitrogens is 1. The van der Waals surface area contributed by atoms with Crippen molar-refractivity contribution >= 4 is 23.2 Å². The molecule has 8 heteroatoms. The molecule has 31 heavy (non-hydrogen) atoms. The van der Waals surface area contributed by atoms with Crippen LogP contribution in [0.5, 0.6) is 5.75 Å². The Labute approximate surface area is 185 Å². The van der Waals surface area contributed by atoms with Crippen LogP contribution >= 0.6 is 11.3 Å². The highest BCUT2D eigenvalue weighted by Gasteiger charge is 2.25. The summed E-state index contributed by atoms with van der Waals surface area (Å²) in [5.41, 5.74) is 1.41. The summed E-state index contributed by atoms with van der Waals surface area (Å²) in [6.07, 6.45) is 1.88. The molecule has 0 atom stereocenters. The molecular formula is C23H25N3O4S. The van der Waals surface area contributed by atoms with Crippen LogP contribution in [0.15, 0.2) is 52.4 Å². The highest BCUT2D eigenvalue weighted by molar-refractivity contribution is 7.13. The van der Waals surface area contributed by atoms with Crippen molar-refractivity contribution in [2.24, 2.45) is 0 Å². The molecule has 0 saturated carbocycles. The van der Waals surface area contributed by atoms with E-state index in [2.05, 4.69) is 5.16 Å². The zero-order valence-electron chi connectivity index (χ0n) is 17.5. The summed E-state index contributed by atoms with van der Waals surface area (Å²) in [5.74, 6) is 1.37. The molecule has 7 nitrogen and oxygen atoms in total. The number of benzene rings is 1. The van der Waals surface area contributed by atoms with E-state index >= 15 is 0 Å². The Morgan fingerprint density at radius 2 is 1.87 bits per heavy atom. The van der Waals surface area contributed by atoms with Crippen LogP contribution in [0, 0.1) is 0 Å². The number of rotatable bonds is 6. The Bertz CT molecular complexity index is 1010. The fraction of sp³-hybridized carbons (Fsp3) is 0.348. The number of aryl methyl sites for hydroxylation is 1. The van der Waals surface area contributed by atoms with E-state index in [1.54, 1.807) is 18.1 Å². The minimum Gasteiger partial charge on any atom is -0.497 e. The van der Waals surface area contributed by atoms with Gasteiger partial charge in [0.15, 0.2) is 11.5 Å². The number of thiophene rings is 1. The normalized spacial score (nSPS) is 14.4. The number of carbonyl (C=O) groups is 2. The number of amides is 2. The lowest BCUT2D eigenvalue weighted by Gasteiger charge is -2.21. The Balaban J connectivity index is 1.30. The maximum absolute atomic E-state index is 12.9. The van der Waals surface area contributed by atoms with Crippen LogP contribution in [-0.2, 0) is 11.2 Å². The van der Waals surface area contributed by atoms with Gasteiger partial charge in [0, 0.05) is 38.7 Å². The van der Waals surface area contributed by atoms with E-state index < -0.39 is 0 Å². The summed E-state index contributed by atoms with van der Waals surface area (Å²) in [5, 5.41) is 5.91. The standard InChI is InChI=1S/C23H25N3O4S/c1-29-18-8-5-17(6-9-18)7-10-22(27)25-11-3-12-26(14-13-25)23(28)19-16-20(30-24-19)21-4-2-15-31-21/h2,4-6,8-9,15-16H,3,7,10-14H2,1H3. The molecular weight excluding hydrogens is 414 g/mol. The highest BCUT2D eigenvalue weighted by atomic mass is 32.1. The maximum Gasteiger partial charge on any atom is 0.276 e. The molecule has 2 amide bonds. The van der Waals surface area contributed by atoms with Gasteiger partial charge < -0.3 is 19.1 Å². The summed E-state index contributed by atoms with van der Waals surface area (Å²) in [6, 6.07) is 13.3. The SMILES string of the molecule is COc1ccc(CCC(=O)N2CCCN(C(=O)c3cc(-c4cccs4)on3)CC2)cc1. The van der Waals surface area contributed by atoms with Gasteiger partial charge in [-0.15, -0.1) is 11.3 Å². The van der Waals surface area contributed by atoms with Crippen molar-refractivity contribution < 1.29 is 18.8 Å². The average molecular weight is 440 g/mol. The van der Waals surface area contributed by atoms with Crippen LogP contribution < -0.4 is 4.74 Å². The molecule has 1 aliphatic heterocycles. The zero-order valence-corrected chi connectivity index (χ0v) is 18.3.